The number of ether oxygens (including phenoxy) is 2. The molecule has 0 unspecified atom stereocenters. The van der Waals surface area contributed by atoms with E-state index in [1.165, 1.54) is 5.69 Å². The number of rotatable bonds is 5. The summed E-state index contributed by atoms with van der Waals surface area (Å²) in [5.41, 5.74) is 3.29. The summed E-state index contributed by atoms with van der Waals surface area (Å²) in [4.78, 5) is 14.0. The Hall–Kier alpha value is -1.75. The maximum Gasteiger partial charge on any atom is 0.328 e. The predicted octanol–water partition coefficient (Wildman–Crippen LogP) is 2.20. The highest BCUT2D eigenvalue weighted by molar-refractivity contribution is 5.79. The fraction of sp³-hybridized carbons (Fsp3) is 0.562. The highest BCUT2D eigenvalue weighted by Gasteiger charge is 2.16. The van der Waals surface area contributed by atoms with Gasteiger partial charge in [0.15, 0.2) is 0 Å². The van der Waals surface area contributed by atoms with Gasteiger partial charge >= 0.3 is 5.97 Å². The topological polar surface area (TPSA) is 50.8 Å². The number of morpholine rings is 1. The van der Waals surface area contributed by atoms with Crippen LogP contribution in [0.1, 0.15) is 19.4 Å². The molecule has 0 aromatic heterocycles. The largest absolute Gasteiger partial charge is 0.464 e. The molecule has 1 atom stereocenters. The molecule has 1 aromatic carbocycles. The molecule has 5 heteroatoms. The van der Waals surface area contributed by atoms with E-state index in [2.05, 4.69) is 22.3 Å². The van der Waals surface area contributed by atoms with Crippen LogP contribution in [0.25, 0.3) is 0 Å². The summed E-state index contributed by atoms with van der Waals surface area (Å²) in [5, 5.41) is 3.21. The van der Waals surface area contributed by atoms with Gasteiger partial charge in [0.1, 0.15) is 6.04 Å². The molecular formula is C16H24N2O3. The summed E-state index contributed by atoms with van der Waals surface area (Å²) in [6.07, 6.45) is 0. The number of esters is 1. The smallest absolute Gasteiger partial charge is 0.328 e. The van der Waals surface area contributed by atoms with Gasteiger partial charge in [0.2, 0.25) is 0 Å². The third kappa shape index (κ3) is 4.11. The highest BCUT2D eigenvalue weighted by Crippen LogP contribution is 2.24. The predicted molar refractivity (Wildman–Crippen MR) is 83.9 cm³/mol. The summed E-state index contributed by atoms with van der Waals surface area (Å²) in [7, 11) is 0. The normalized spacial score (nSPS) is 16.4. The third-order valence-electron chi connectivity index (χ3n) is 3.60. The van der Waals surface area contributed by atoms with Crippen LogP contribution in [0.15, 0.2) is 18.2 Å². The van der Waals surface area contributed by atoms with E-state index in [1.54, 1.807) is 0 Å². The molecule has 2 rings (SSSR count). The second-order valence-corrected chi connectivity index (χ2v) is 5.22. The summed E-state index contributed by atoms with van der Waals surface area (Å²) >= 11 is 0. The molecule has 21 heavy (non-hydrogen) atoms. The Morgan fingerprint density at radius 3 is 2.76 bits per heavy atom. The van der Waals surface area contributed by atoms with E-state index in [0.717, 1.165) is 37.6 Å². The summed E-state index contributed by atoms with van der Waals surface area (Å²) < 4.78 is 10.4. The van der Waals surface area contributed by atoms with E-state index < -0.39 is 0 Å². The number of nitrogens with one attached hydrogen (secondary N) is 1. The first-order chi connectivity index (χ1) is 10.1. The quantitative estimate of drug-likeness (QED) is 0.843. The zero-order chi connectivity index (χ0) is 15.2. The molecule has 0 amide bonds. The van der Waals surface area contributed by atoms with Gasteiger partial charge in [-0.1, -0.05) is 0 Å². The second-order valence-electron chi connectivity index (χ2n) is 5.22. The summed E-state index contributed by atoms with van der Waals surface area (Å²) in [6, 6.07) is 5.90. The first kappa shape index (κ1) is 15.6. The van der Waals surface area contributed by atoms with Crippen LogP contribution in [0.2, 0.25) is 0 Å². The molecule has 1 N–H and O–H groups in total. The van der Waals surface area contributed by atoms with Crippen LogP contribution in [0.5, 0.6) is 0 Å². The van der Waals surface area contributed by atoms with E-state index >= 15 is 0 Å². The molecule has 0 saturated carbocycles. The Balaban J connectivity index is 2.03. The lowest BCUT2D eigenvalue weighted by atomic mass is 10.1. The van der Waals surface area contributed by atoms with Crippen molar-refractivity contribution in [2.24, 2.45) is 0 Å². The molecule has 0 bridgehead atoms. The van der Waals surface area contributed by atoms with E-state index in [1.807, 2.05) is 26.8 Å². The zero-order valence-electron chi connectivity index (χ0n) is 13.0. The average Bonchev–Trinajstić information content (AvgIpc) is 2.50. The molecule has 0 aliphatic carbocycles. The molecule has 0 radical (unpaired) electrons. The lowest BCUT2D eigenvalue weighted by molar-refractivity contribution is -0.143. The zero-order valence-corrected chi connectivity index (χ0v) is 13.0. The average molecular weight is 292 g/mol. The van der Waals surface area contributed by atoms with Crippen molar-refractivity contribution in [2.75, 3.05) is 43.1 Å². The van der Waals surface area contributed by atoms with Crippen LogP contribution < -0.4 is 10.2 Å². The lowest BCUT2D eigenvalue weighted by Gasteiger charge is -2.29. The summed E-state index contributed by atoms with van der Waals surface area (Å²) in [5.74, 6) is -0.228. The Morgan fingerprint density at radius 2 is 2.14 bits per heavy atom. The first-order valence-electron chi connectivity index (χ1n) is 7.48. The van der Waals surface area contributed by atoms with Gasteiger partial charge in [0.25, 0.3) is 0 Å². The van der Waals surface area contributed by atoms with Gasteiger partial charge in [-0.15, -0.1) is 0 Å². The Bertz CT molecular complexity index is 484. The fourth-order valence-electron chi connectivity index (χ4n) is 2.39. The number of benzene rings is 1. The number of nitrogens with zero attached hydrogens (tertiary/aromatic N) is 1. The molecule has 1 aromatic rings. The molecule has 116 valence electrons. The molecule has 5 nitrogen and oxygen atoms in total. The van der Waals surface area contributed by atoms with Gasteiger partial charge in [-0.05, 0) is 44.5 Å². The molecule has 1 heterocycles. The molecular weight excluding hydrogens is 268 g/mol. The maximum atomic E-state index is 11.7. The Kier molecular flexibility index (Phi) is 5.44. The van der Waals surface area contributed by atoms with E-state index in [0.29, 0.717) is 6.61 Å². The van der Waals surface area contributed by atoms with Crippen molar-refractivity contribution in [3.8, 4) is 0 Å². The number of carbonyl (C=O) groups excluding carboxylic acids is 1. The summed E-state index contributed by atoms with van der Waals surface area (Å²) in [6.45, 7) is 9.47. The van der Waals surface area contributed by atoms with Crippen molar-refractivity contribution >= 4 is 17.3 Å². The van der Waals surface area contributed by atoms with Crippen molar-refractivity contribution in [2.45, 2.75) is 26.8 Å². The highest BCUT2D eigenvalue weighted by atomic mass is 16.5. The number of anilines is 2. The van der Waals surface area contributed by atoms with Gasteiger partial charge in [-0.3, -0.25) is 0 Å². The first-order valence-corrected chi connectivity index (χ1v) is 7.48. The number of hydrogen-bond acceptors (Lipinski definition) is 5. The van der Waals surface area contributed by atoms with Crippen molar-refractivity contribution in [3.05, 3.63) is 23.8 Å². The van der Waals surface area contributed by atoms with Crippen LogP contribution in [-0.2, 0) is 14.3 Å². The van der Waals surface area contributed by atoms with Crippen molar-refractivity contribution in [1.82, 2.24) is 0 Å². The number of carbonyl (C=O) groups is 1. The standard InChI is InChI=1S/C16H24N2O3/c1-4-21-16(19)13(3)17-15-6-5-14(11-12(15)2)18-7-9-20-10-8-18/h5-6,11,13,17H,4,7-10H2,1-3H3/t13-/m0/s1. The third-order valence-corrected chi connectivity index (χ3v) is 3.60. The van der Waals surface area contributed by atoms with Gasteiger partial charge in [-0.25, -0.2) is 4.79 Å². The van der Waals surface area contributed by atoms with Crippen LogP contribution in [0.4, 0.5) is 11.4 Å². The van der Waals surface area contributed by atoms with Crippen LogP contribution in [0, 0.1) is 6.92 Å². The van der Waals surface area contributed by atoms with Crippen molar-refractivity contribution < 1.29 is 14.3 Å². The van der Waals surface area contributed by atoms with Gasteiger partial charge < -0.3 is 19.7 Å². The minimum absolute atomic E-state index is 0.228. The van der Waals surface area contributed by atoms with E-state index in [-0.39, 0.29) is 12.0 Å². The monoisotopic (exact) mass is 292 g/mol. The van der Waals surface area contributed by atoms with Crippen LogP contribution in [-0.4, -0.2) is 44.9 Å². The lowest BCUT2D eigenvalue weighted by Crippen LogP contribution is -2.36. The Morgan fingerprint density at radius 1 is 1.43 bits per heavy atom. The SMILES string of the molecule is CCOC(=O)[C@H](C)Nc1ccc(N2CCOCC2)cc1C. The molecule has 0 spiro atoms. The van der Waals surface area contributed by atoms with Gasteiger partial charge in [0.05, 0.1) is 19.8 Å². The fourth-order valence-corrected chi connectivity index (χ4v) is 2.39. The maximum absolute atomic E-state index is 11.7. The second kappa shape index (κ2) is 7.31. The van der Waals surface area contributed by atoms with E-state index in [4.69, 9.17) is 9.47 Å². The molecule has 1 aliphatic heterocycles. The molecule has 1 aliphatic rings. The Labute approximate surface area is 126 Å². The van der Waals surface area contributed by atoms with Gasteiger partial charge in [-0.2, -0.15) is 0 Å². The van der Waals surface area contributed by atoms with Crippen molar-refractivity contribution in [3.63, 3.8) is 0 Å². The van der Waals surface area contributed by atoms with Crippen LogP contribution >= 0.6 is 0 Å². The van der Waals surface area contributed by atoms with Gasteiger partial charge in [0, 0.05) is 24.5 Å². The van der Waals surface area contributed by atoms with Crippen molar-refractivity contribution in [1.29, 1.82) is 0 Å². The molecule has 1 fully saturated rings. The van der Waals surface area contributed by atoms with E-state index in [9.17, 15) is 4.79 Å². The number of aryl methyl sites for hydroxylation is 1. The molecule has 1 saturated heterocycles. The van der Waals surface area contributed by atoms with Crippen LogP contribution in [0.3, 0.4) is 0 Å². The minimum atomic E-state index is -0.349. The minimum Gasteiger partial charge on any atom is -0.464 e. The number of hydrogen-bond donors (Lipinski definition) is 1.